The van der Waals surface area contributed by atoms with Crippen LogP contribution in [-0.4, -0.2) is 25.5 Å². The highest BCUT2D eigenvalue weighted by Crippen LogP contribution is 2.27. The Morgan fingerprint density at radius 2 is 1.65 bits per heavy atom. The van der Waals surface area contributed by atoms with E-state index in [2.05, 4.69) is 37.7 Å². The number of hydrogen-bond donors (Lipinski definition) is 2. The average molecular weight is 335 g/mol. The lowest BCUT2D eigenvalue weighted by Crippen LogP contribution is -2.31. The van der Waals surface area contributed by atoms with Crippen molar-refractivity contribution >= 4 is 37.4 Å². The summed E-state index contributed by atoms with van der Waals surface area (Å²) in [5.41, 5.74) is 0. The standard InChI is InChI=1S/C15H34N2S2Si/c1-5-12-16-15(18)17-19-13-10-9-11-14-20(6-2,7-3)8-4/h5-14H2,1-4H3,(H2,16,17,18). The van der Waals surface area contributed by atoms with E-state index < -0.39 is 8.07 Å². The van der Waals surface area contributed by atoms with Crippen LogP contribution in [0.15, 0.2) is 0 Å². The first kappa shape index (κ1) is 20.3. The van der Waals surface area contributed by atoms with Crippen molar-refractivity contribution in [3.8, 4) is 0 Å². The van der Waals surface area contributed by atoms with Crippen LogP contribution in [0.3, 0.4) is 0 Å². The van der Waals surface area contributed by atoms with E-state index in [4.69, 9.17) is 12.2 Å². The van der Waals surface area contributed by atoms with Gasteiger partial charge in [0, 0.05) is 12.3 Å². The van der Waals surface area contributed by atoms with Crippen molar-refractivity contribution < 1.29 is 0 Å². The van der Waals surface area contributed by atoms with Crippen LogP contribution in [0.5, 0.6) is 0 Å². The summed E-state index contributed by atoms with van der Waals surface area (Å²) < 4.78 is 3.20. The summed E-state index contributed by atoms with van der Waals surface area (Å²) in [6, 6.07) is 5.93. The minimum atomic E-state index is -0.872. The Labute approximate surface area is 137 Å². The SMILES string of the molecule is CCCNC(=S)NSCCCCC[Si](CC)(CC)CC. The summed E-state index contributed by atoms with van der Waals surface area (Å²) in [6.45, 7) is 10.3. The first-order chi connectivity index (χ1) is 9.64. The highest BCUT2D eigenvalue weighted by Gasteiger charge is 2.25. The van der Waals surface area contributed by atoms with E-state index in [0.717, 1.165) is 23.8 Å². The van der Waals surface area contributed by atoms with Gasteiger partial charge in [-0.05, 0) is 25.1 Å². The number of nitrogens with one attached hydrogen (secondary N) is 2. The van der Waals surface area contributed by atoms with Gasteiger partial charge in [-0.25, -0.2) is 0 Å². The Balaban J connectivity index is 3.51. The van der Waals surface area contributed by atoms with Gasteiger partial charge in [-0.15, -0.1) is 0 Å². The molecule has 0 aliphatic rings. The molecule has 0 aromatic carbocycles. The van der Waals surface area contributed by atoms with Crippen LogP contribution < -0.4 is 10.0 Å². The Bertz CT molecular complexity index is 238. The maximum Gasteiger partial charge on any atom is 0.176 e. The third-order valence-electron chi connectivity index (χ3n) is 4.40. The van der Waals surface area contributed by atoms with Crippen molar-refractivity contribution in [2.24, 2.45) is 0 Å². The van der Waals surface area contributed by atoms with Crippen molar-refractivity contribution in [3.05, 3.63) is 0 Å². The molecule has 0 aliphatic heterocycles. The summed E-state index contributed by atoms with van der Waals surface area (Å²) in [4.78, 5) is 0. The monoisotopic (exact) mass is 334 g/mol. The molecule has 0 saturated carbocycles. The first-order valence-electron chi connectivity index (χ1n) is 8.29. The van der Waals surface area contributed by atoms with E-state index >= 15 is 0 Å². The summed E-state index contributed by atoms with van der Waals surface area (Å²) in [7, 11) is -0.872. The van der Waals surface area contributed by atoms with Gasteiger partial charge in [0.2, 0.25) is 0 Å². The van der Waals surface area contributed by atoms with Gasteiger partial charge in [0.05, 0.1) is 8.07 Å². The largest absolute Gasteiger partial charge is 0.362 e. The lowest BCUT2D eigenvalue weighted by atomic mass is 10.3. The molecule has 0 radical (unpaired) electrons. The lowest BCUT2D eigenvalue weighted by Gasteiger charge is -2.27. The highest BCUT2D eigenvalue weighted by molar-refractivity contribution is 7.98. The molecule has 0 aliphatic carbocycles. The second-order valence-corrected chi connectivity index (χ2v) is 12.5. The number of hydrogen-bond acceptors (Lipinski definition) is 2. The molecule has 0 bridgehead atoms. The van der Waals surface area contributed by atoms with Crippen LogP contribution in [-0.2, 0) is 0 Å². The second-order valence-electron chi connectivity index (χ2n) is 5.58. The summed E-state index contributed by atoms with van der Waals surface area (Å²) in [5, 5.41) is 3.97. The van der Waals surface area contributed by atoms with Gasteiger partial charge in [-0.3, -0.25) is 0 Å². The van der Waals surface area contributed by atoms with E-state index in [1.807, 2.05) is 0 Å². The van der Waals surface area contributed by atoms with Gasteiger partial charge in [0.1, 0.15) is 0 Å². The Hall–Kier alpha value is 0.257. The van der Waals surface area contributed by atoms with Gasteiger partial charge in [-0.2, -0.15) is 0 Å². The van der Waals surface area contributed by atoms with Gasteiger partial charge in [0.25, 0.3) is 0 Å². The van der Waals surface area contributed by atoms with Crippen molar-refractivity contribution in [2.75, 3.05) is 12.3 Å². The molecule has 20 heavy (non-hydrogen) atoms. The first-order valence-corrected chi connectivity index (χ1v) is 12.5. The molecular weight excluding hydrogens is 300 g/mol. The number of thiocarbonyl (C=S) groups is 1. The van der Waals surface area contributed by atoms with E-state index in [1.165, 1.54) is 43.4 Å². The fraction of sp³-hybridized carbons (Fsp3) is 0.933. The van der Waals surface area contributed by atoms with Gasteiger partial charge < -0.3 is 10.0 Å². The minimum absolute atomic E-state index is 0.784. The van der Waals surface area contributed by atoms with E-state index in [9.17, 15) is 0 Å². The zero-order chi connectivity index (χ0) is 15.3. The number of rotatable bonds is 12. The number of unbranched alkanes of at least 4 members (excludes halogenated alkanes) is 2. The molecule has 0 atom stereocenters. The Kier molecular flexibility index (Phi) is 13.1. The normalized spacial score (nSPS) is 11.4. The van der Waals surface area contributed by atoms with Gasteiger partial charge in [0.15, 0.2) is 5.11 Å². The van der Waals surface area contributed by atoms with Crippen LogP contribution in [0.25, 0.3) is 0 Å². The van der Waals surface area contributed by atoms with Gasteiger partial charge >= 0.3 is 0 Å². The maximum atomic E-state index is 5.18. The zero-order valence-corrected chi connectivity index (χ0v) is 16.5. The Morgan fingerprint density at radius 1 is 1.00 bits per heavy atom. The molecule has 0 heterocycles. The molecule has 0 aromatic heterocycles. The van der Waals surface area contributed by atoms with Crippen molar-refractivity contribution in [3.63, 3.8) is 0 Å². The minimum Gasteiger partial charge on any atom is -0.362 e. The molecule has 0 rings (SSSR count). The molecule has 0 aromatic rings. The molecular formula is C15H34N2S2Si. The fourth-order valence-corrected chi connectivity index (χ4v) is 7.02. The molecule has 0 unspecified atom stereocenters. The predicted molar refractivity (Wildman–Crippen MR) is 102 cm³/mol. The quantitative estimate of drug-likeness (QED) is 0.222. The lowest BCUT2D eigenvalue weighted by molar-refractivity contribution is 0.762. The zero-order valence-electron chi connectivity index (χ0n) is 13.9. The molecule has 2 N–H and O–H groups in total. The van der Waals surface area contributed by atoms with Crippen molar-refractivity contribution in [1.29, 1.82) is 0 Å². The summed E-state index contributed by atoms with van der Waals surface area (Å²) in [6.07, 6.45) is 5.22. The average Bonchev–Trinajstić information content (AvgIpc) is 2.48. The van der Waals surface area contributed by atoms with Crippen LogP contribution in [0, 0.1) is 0 Å². The molecule has 120 valence electrons. The molecule has 2 nitrogen and oxygen atoms in total. The predicted octanol–water partition coefficient (Wildman–Crippen LogP) is 5.19. The van der Waals surface area contributed by atoms with Crippen LogP contribution in [0.1, 0.15) is 53.4 Å². The molecule has 0 fully saturated rings. The third-order valence-corrected chi connectivity index (χ3v) is 11.5. The molecule has 0 saturated heterocycles. The summed E-state index contributed by atoms with van der Waals surface area (Å²) in [5.74, 6) is 1.16. The van der Waals surface area contributed by atoms with Crippen LogP contribution in [0.2, 0.25) is 24.2 Å². The second kappa shape index (κ2) is 13.0. The summed E-state index contributed by atoms with van der Waals surface area (Å²) >= 11 is 6.92. The molecule has 0 amide bonds. The Morgan fingerprint density at radius 3 is 2.20 bits per heavy atom. The third kappa shape index (κ3) is 9.24. The van der Waals surface area contributed by atoms with E-state index in [1.54, 1.807) is 11.9 Å². The highest BCUT2D eigenvalue weighted by atomic mass is 32.2. The maximum absolute atomic E-state index is 5.18. The van der Waals surface area contributed by atoms with E-state index in [-0.39, 0.29) is 0 Å². The fourth-order valence-electron chi connectivity index (χ4n) is 2.52. The van der Waals surface area contributed by atoms with Crippen LogP contribution in [0.4, 0.5) is 0 Å². The van der Waals surface area contributed by atoms with Crippen molar-refractivity contribution in [1.82, 2.24) is 10.0 Å². The van der Waals surface area contributed by atoms with Crippen molar-refractivity contribution in [2.45, 2.75) is 77.6 Å². The molecule has 0 spiro atoms. The smallest absolute Gasteiger partial charge is 0.176 e. The van der Waals surface area contributed by atoms with E-state index in [0.29, 0.717) is 0 Å². The van der Waals surface area contributed by atoms with Crippen LogP contribution >= 0.6 is 24.2 Å². The topological polar surface area (TPSA) is 24.1 Å². The van der Waals surface area contributed by atoms with Gasteiger partial charge in [-0.1, -0.05) is 76.7 Å². The molecule has 5 heteroatoms.